The van der Waals surface area contributed by atoms with E-state index in [2.05, 4.69) is 5.10 Å². The van der Waals surface area contributed by atoms with Gasteiger partial charge >= 0.3 is 0 Å². The van der Waals surface area contributed by atoms with Crippen molar-refractivity contribution < 1.29 is 14.3 Å². The smallest absolute Gasteiger partial charge is 0.262 e. The summed E-state index contributed by atoms with van der Waals surface area (Å²) < 4.78 is 6.53. The van der Waals surface area contributed by atoms with Crippen LogP contribution in [0.4, 0.5) is 0 Å². The van der Waals surface area contributed by atoms with Gasteiger partial charge < -0.3 is 14.5 Å². The first kappa shape index (κ1) is 11.4. The molecule has 1 aromatic heterocycles. The summed E-state index contributed by atoms with van der Waals surface area (Å²) in [5, 5.41) is 4.01. The molecule has 2 amide bonds. The number of carbonyl (C=O) groups excluding carboxylic acids is 2. The molecule has 0 unspecified atom stereocenters. The Hall–Kier alpha value is -2.05. The van der Waals surface area contributed by atoms with Crippen LogP contribution >= 0.6 is 0 Å². The monoisotopic (exact) mass is 238 g/mol. The Kier molecular flexibility index (Phi) is 2.74. The fraction of sp³-hybridized carbons (Fsp3) is 0.500. The maximum absolute atomic E-state index is 12.1. The summed E-state index contributed by atoms with van der Waals surface area (Å²) in [5.41, 5.74) is 0.373. The maximum Gasteiger partial charge on any atom is 0.262 e. The quantitative estimate of drug-likeness (QED) is 0.683. The number of nitrogens with zero attached hydrogens (tertiary/aromatic N) is 4. The molecule has 0 aromatic carbocycles. The van der Waals surface area contributed by atoms with E-state index in [1.807, 2.05) is 0 Å². The molecule has 1 aromatic rings. The Labute approximate surface area is 98.5 Å². The van der Waals surface area contributed by atoms with E-state index in [1.165, 1.54) is 21.6 Å². The van der Waals surface area contributed by atoms with E-state index in [4.69, 9.17) is 4.74 Å². The number of likely N-dealkylation sites (N-methyl/N-ethyl adjacent to an activating group) is 1. The van der Waals surface area contributed by atoms with E-state index in [-0.39, 0.29) is 24.2 Å². The van der Waals surface area contributed by atoms with Gasteiger partial charge in [0.25, 0.3) is 5.91 Å². The lowest BCUT2D eigenvalue weighted by Crippen LogP contribution is -2.30. The zero-order valence-electron chi connectivity index (χ0n) is 10.0. The Balaban J connectivity index is 2.23. The minimum Gasteiger partial charge on any atom is -0.479 e. The number of aromatic nitrogens is 2. The predicted octanol–water partition coefficient (Wildman–Crippen LogP) is -0.700. The molecule has 17 heavy (non-hydrogen) atoms. The van der Waals surface area contributed by atoms with Crippen molar-refractivity contribution in [2.24, 2.45) is 7.05 Å². The third-order valence-corrected chi connectivity index (χ3v) is 2.64. The van der Waals surface area contributed by atoms with E-state index in [0.717, 1.165) is 0 Å². The third kappa shape index (κ3) is 1.95. The lowest BCUT2D eigenvalue weighted by molar-refractivity contribution is -0.125. The molecule has 1 aliphatic heterocycles. The Morgan fingerprint density at radius 2 is 2.18 bits per heavy atom. The summed E-state index contributed by atoms with van der Waals surface area (Å²) in [6, 6.07) is 0. The number of hydrogen-bond donors (Lipinski definition) is 0. The normalized spacial score (nSPS) is 15.6. The molecule has 0 spiro atoms. The van der Waals surface area contributed by atoms with Gasteiger partial charge in [0.15, 0.2) is 0 Å². The highest BCUT2D eigenvalue weighted by molar-refractivity contribution is 5.99. The molecule has 0 bridgehead atoms. The van der Waals surface area contributed by atoms with Crippen LogP contribution in [0.15, 0.2) is 6.20 Å². The molecule has 7 nitrogen and oxygen atoms in total. The molecule has 1 saturated heterocycles. The summed E-state index contributed by atoms with van der Waals surface area (Å²) in [6.45, 7) is 0.406. The molecule has 0 saturated carbocycles. The van der Waals surface area contributed by atoms with Crippen LogP contribution in [-0.2, 0) is 11.8 Å². The summed E-state index contributed by atoms with van der Waals surface area (Å²) in [4.78, 5) is 26.5. The summed E-state index contributed by atoms with van der Waals surface area (Å²) in [5.74, 6) is -0.0339. The summed E-state index contributed by atoms with van der Waals surface area (Å²) in [7, 11) is 4.83. The van der Waals surface area contributed by atoms with Gasteiger partial charge in [0, 0.05) is 20.3 Å². The van der Waals surface area contributed by atoms with Crippen molar-refractivity contribution >= 4 is 11.8 Å². The van der Waals surface area contributed by atoms with Crippen molar-refractivity contribution in [3.05, 3.63) is 11.8 Å². The largest absolute Gasteiger partial charge is 0.479 e. The fourth-order valence-corrected chi connectivity index (χ4v) is 1.74. The second-order valence-electron chi connectivity index (χ2n) is 3.96. The number of hydrogen-bond acceptors (Lipinski definition) is 4. The van der Waals surface area contributed by atoms with Gasteiger partial charge in [-0.05, 0) is 0 Å². The lowest BCUT2D eigenvalue weighted by Gasteiger charge is -2.14. The van der Waals surface area contributed by atoms with Crippen molar-refractivity contribution in [1.82, 2.24) is 19.6 Å². The van der Waals surface area contributed by atoms with Crippen molar-refractivity contribution in [2.45, 2.75) is 0 Å². The van der Waals surface area contributed by atoms with Crippen molar-refractivity contribution in [1.29, 1.82) is 0 Å². The van der Waals surface area contributed by atoms with Gasteiger partial charge in [-0.25, -0.2) is 0 Å². The van der Waals surface area contributed by atoms with Crippen molar-refractivity contribution in [3.63, 3.8) is 0 Å². The fourth-order valence-electron chi connectivity index (χ4n) is 1.74. The van der Waals surface area contributed by atoms with E-state index < -0.39 is 0 Å². The molecule has 7 heteroatoms. The van der Waals surface area contributed by atoms with Gasteiger partial charge in [-0.2, -0.15) is 0 Å². The topological polar surface area (TPSA) is 67.7 Å². The number of ether oxygens (including phenoxy) is 1. The van der Waals surface area contributed by atoms with Crippen LogP contribution in [0.5, 0.6) is 5.88 Å². The highest BCUT2D eigenvalue weighted by Crippen LogP contribution is 2.18. The molecule has 2 heterocycles. The van der Waals surface area contributed by atoms with Gasteiger partial charge in [0.2, 0.25) is 11.8 Å². The average molecular weight is 238 g/mol. The van der Waals surface area contributed by atoms with Gasteiger partial charge in [-0.3, -0.25) is 14.3 Å². The minimum absolute atomic E-state index is 0.0683. The number of aryl methyl sites for hydroxylation is 1. The van der Waals surface area contributed by atoms with Crippen molar-refractivity contribution in [2.75, 3.05) is 27.4 Å². The molecule has 92 valence electrons. The number of carbonyl (C=O) groups is 2. The van der Waals surface area contributed by atoms with Crippen molar-refractivity contribution in [3.8, 4) is 5.88 Å². The first-order valence-corrected chi connectivity index (χ1v) is 5.13. The molecule has 1 fully saturated rings. The molecular weight excluding hydrogens is 224 g/mol. The summed E-state index contributed by atoms with van der Waals surface area (Å²) >= 11 is 0. The second-order valence-corrected chi connectivity index (χ2v) is 3.96. The molecular formula is C10H14N4O3. The SMILES string of the molecule is COc1nn(C)cc1C(=O)N1CC(=O)N(C)C1. The molecule has 2 rings (SSSR count). The Bertz CT molecular complexity index is 468. The van der Waals surface area contributed by atoms with E-state index in [0.29, 0.717) is 12.2 Å². The van der Waals surface area contributed by atoms with Gasteiger partial charge in [-0.1, -0.05) is 0 Å². The van der Waals surface area contributed by atoms with Crippen LogP contribution in [-0.4, -0.2) is 58.8 Å². The second kappa shape index (κ2) is 4.08. The van der Waals surface area contributed by atoms with Crippen LogP contribution in [0.2, 0.25) is 0 Å². The van der Waals surface area contributed by atoms with Crippen LogP contribution < -0.4 is 4.74 Å². The zero-order chi connectivity index (χ0) is 12.6. The molecule has 0 aliphatic carbocycles. The van der Waals surface area contributed by atoms with E-state index >= 15 is 0 Å². The van der Waals surface area contributed by atoms with Gasteiger partial charge in [0.05, 0.1) is 13.8 Å². The minimum atomic E-state index is -0.243. The molecule has 0 N–H and O–H groups in total. The Morgan fingerprint density at radius 3 is 2.71 bits per heavy atom. The highest BCUT2D eigenvalue weighted by atomic mass is 16.5. The van der Waals surface area contributed by atoms with Gasteiger partial charge in [-0.15, -0.1) is 5.10 Å². The first-order chi connectivity index (χ1) is 8.02. The zero-order valence-corrected chi connectivity index (χ0v) is 10.0. The molecule has 0 atom stereocenters. The first-order valence-electron chi connectivity index (χ1n) is 5.13. The van der Waals surface area contributed by atoms with E-state index in [1.54, 1.807) is 20.3 Å². The maximum atomic E-state index is 12.1. The Morgan fingerprint density at radius 1 is 1.47 bits per heavy atom. The summed E-state index contributed by atoms with van der Waals surface area (Å²) in [6.07, 6.45) is 1.59. The standard InChI is InChI=1S/C10H14N4O3/c1-12-6-14(5-8(12)15)10(16)7-4-13(2)11-9(7)17-3/h4H,5-6H2,1-3H3. The average Bonchev–Trinajstić information content (AvgIpc) is 2.82. The lowest BCUT2D eigenvalue weighted by atomic mass is 10.3. The number of amides is 2. The van der Waals surface area contributed by atoms with E-state index in [9.17, 15) is 9.59 Å². The molecule has 0 radical (unpaired) electrons. The number of methoxy groups -OCH3 is 1. The van der Waals surface area contributed by atoms with Gasteiger partial charge in [0.1, 0.15) is 12.1 Å². The predicted molar refractivity (Wildman–Crippen MR) is 58.4 cm³/mol. The third-order valence-electron chi connectivity index (χ3n) is 2.64. The van der Waals surface area contributed by atoms with Crippen LogP contribution in [0, 0.1) is 0 Å². The molecule has 1 aliphatic rings. The van der Waals surface area contributed by atoms with Crippen LogP contribution in [0.25, 0.3) is 0 Å². The highest BCUT2D eigenvalue weighted by Gasteiger charge is 2.31. The van der Waals surface area contributed by atoms with Crippen LogP contribution in [0.1, 0.15) is 10.4 Å². The van der Waals surface area contributed by atoms with Crippen LogP contribution in [0.3, 0.4) is 0 Å². The number of rotatable bonds is 2.